The predicted octanol–water partition coefficient (Wildman–Crippen LogP) is 4.34. The number of aliphatic hydroxyl groups is 1. The molecule has 4 rings (SSSR count). The van der Waals surface area contributed by atoms with Crippen LogP contribution in [-0.4, -0.2) is 22.3 Å². The molecule has 0 aromatic carbocycles. The van der Waals surface area contributed by atoms with Gasteiger partial charge in [0.1, 0.15) is 5.60 Å². The van der Waals surface area contributed by atoms with E-state index in [0.29, 0.717) is 5.92 Å². The van der Waals surface area contributed by atoms with Crippen LogP contribution in [-0.2, 0) is 9.53 Å². The summed E-state index contributed by atoms with van der Waals surface area (Å²) in [6.07, 6.45) is 3.72. The van der Waals surface area contributed by atoms with Crippen LogP contribution in [0.4, 0.5) is 0 Å². The molecule has 136 valence electrons. The minimum absolute atomic E-state index is 0.0937. The SMILES string of the molecule is C=C1C2CC3CC(C(C)C1(O)C3)C2(CC)OC(=O)C(C)C(C)(C)C. The van der Waals surface area contributed by atoms with Crippen molar-refractivity contribution in [1.82, 2.24) is 0 Å². The fraction of sp³-hybridized carbons (Fsp3) is 0.857. The quantitative estimate of drug-likeness (QED) is 0.617. The van der Waals surface area contributed by atoms with Crippen molar-refractivity contribution in [3.05, 3.63) is 12.2 Å². The molecule has 7 atom stereocenters. The van der Waals surface area contributed by atoms with Crippen LogP contribution < -0.4 is 0 Å². The third kappa shape index (κ3) is 2.23. The third-order valence-electron chi connectivity index (χ3n) is 7.80. The van der Waals surface area contributed by atoms with Gasteiger partial charge in [0.05, 0.1) is 11.5 Å². The second kappa shape index (κ2) is 5.33. The first-order chi connectivity index (χ1) is 11.0. The Bertz CT molecular complexity index is 560. The zero-order chi connectivity index (χ0) is 18.1. The lowest BCUT2D eigenvalue weighted by Crippen LogP contribution is -2.69. The molecule has 4 aliphatic rings. The maximum Gasteiger partial charge on any atom is 0.309 e. The van der Waals surface area contributed by atoms with Gasteiger partial charge in [-0.3, -0.25) is 4.79 Å². The Morgan fingerprint density at radius 2 is 2.04 bits per heavy atom. The van der Waals surface area contributed by atoms with Gasteiger partial charge in [0.15, 0.2) is 0 Å². The lowest BCUT2D eigenvalue weighted by Gasteiger charge is -2.66. The van der Waals surface area contributed by atoms with Crippen molar-refractivity contribution in [3.8, 4) is 0 Å². The van der Waals surface area contributed by atoms with Gasteiger partial charge in [-0.2, -0.15) is 0 Å². The van der Waals surface area contributed by atoms with E-state index in [9.17, 15) is 9.90 Å². The molecule has 0 spiro atoms. The van der Waals surface area contributed by atoms with Crippen LogP contribution in [0.1, 0.15) is 67.2 Å². The molecule has 1 N–H and O–H groups in total. The molecule has 0 amide bonds. The highest BCUT2D eigenvalue weighted by atomic mass is 16.6. The van der Waals surface area contributed by atoms with Crippen LogP contribution in [0.3, 0.4) is 0 Å². The van der Waals surface area contributed by atoms with Gasteiger partial charge in [0, 0.05) is 11.8 Å². The van der Waals surface area contributed by atoms with Gasteiger partial charge in [0.2, 0.25) is 0 Å². The number of hydrogen-bond donors (Lipinski definition) is 1. The lowest BCUT2D eigenvalue weighted by atomic mass is 9.42. The summed E-state index contributed by atoms with van der Waals surface area (Å²) in [6, 6.07) is 0. The van der Waals surface area contributed by atoms with E-state index >= 15 is 0 Å². The molecular weight excluding hydrogens is 300 g/mol. The number of hydrogen-bond acceptors (Lipinski definition) is 3. The molecule has 4 saturated carbocycles. The Labute approximate surface area is 146 Å². The van der Waals surface area contributed by atoms with Crippen molar-refractivity contribution in [2.75, 3.05) is 0 Å². The molecule has 0 aromatic heterocycles. The van der Waals surface area contributed by atoms with Crippen LogP contribution in [0.15, 0.2) is 12.2 Å². The van der Waals surface area contributed by atoms with E-state index in [0.717, 1.165) is 31.3 Å². The maximum absolute atomic E-state index is 12.9. The van der Waals surface area contributed by atoms with Gasteiger partial charge in [-0.1, -0.05) is 48.1 Å². The van der Waals surface area contributed by atoms with Crippen molar-refractivity contribution >= 4 is 5.97 Å². The molecule has 0 radical (unpaired) electrons. The molecular formula is C21H34O3. The van der Waals surface area contributed by atoms with Crippen LogP contribution in [0.5, 0.6) is 0 Å². The average molecular weight is 335 g/mol. The van der Waals surface area contributed by atoms with Crippen LogP contribution in [0.2, 0.25) is 0 Å². The Balaban J connectivity index is 1.95. The van der Waals surface area contributed by atoms with Gasteiger partial charge in [0.25, 0.3) is 0 Å². The van der Waals surface area contributed by atoms with E-state index in [-0.39, 0.29) is 35.1 Å². The van der Waals surface area contributed by atoms with E-state index in [1.807, 2.05) is 6.92 Å². The van der Waals surface area contributed by atoms with Gasteiger partial charge in [-0.05, 0) is 48.5 Å². The minimum Gasteiger partial charge on any atom is -0.458 e. The van der Waals surface area contributed by atoms with Crippen LogP contribution >= 0.6 is 0 Å². The van der Waals surface area contributed by atoms with Gasteiger partial charge in [-0.15, -0.1) is 0 Å². The molecule has 7 unspecified atom stereocenters. The fourth-order valence-corrected chi connectivity index (χ4v) is 5.72. The van der Waals surface area contributed by atoms with Gasteiger partial charge in [-0.25, -0.2) is 0 Å². The normalized spacial score (nSPS) is 45.4. The Morgan fingerprint density at radius 3 is 2.58 bits per heavy atom. The van der Waals surface area contributed by atoms with Crippen molar-refractivity contribution in [2.24, 2.45) is 35.0 Å². The Morgan fingerprint density at radius 1 is 1.42 bits per heavy atom. The Kier molecular flexibility index (Phi) is 3.99. The minimum atomic E-state index is -0.753. The summed E-state index contributed by atoms with van der Waals surface area (Å²) in [5.74, 6) is 0.762. The highest BCUT2D eigenvalue weighted by molar-refractivity contribution is 5.73. The van der Waals surface area contributed by atoms with Crippen molar-refractivity contribution in [2.45, 2.75) is 78.4 Å². The highest BCUT2D eigenvalue weighted by Gasteiger charge is 2.68. The molecule has 0 aromatic rings. The standard InChI is InChI=1S/C21H34O3/c1-8-21(24-18(22)14(4)19(5,6)7)16-9-15-10-17(21)13(3)20(23,11-15)12(16)2/h13-17,23H,2,8-11H2,1,3-7H3. The average Bonchev–Trinajstić information content (AvgIpc) is 2.50. The van der Waals surface area contributed by atoms with Gasteiger partial charge < -0.3 is 9.84 Å². The van der Waals surface area contributed by atoms with Crippen LogP contribution in [0.25, 0.3) is 0 Å². The van der Waals surface area contributed by atoms with Crippen molar-refractivity contribution in [1.29, 1.82) is 0 Å². The molecule has 4 fully saturated rings. The van der Waals surface area contributed by atoms with E-state index in [1.165, 1.54) is 0 Å². The number of ether oxygens (including phenoxy) is 1. The number of rotatable bonds is 3. The number of carbonyl (C=O) groups excluding carboxylic acids is 1. The monoisotopic (exact) mass is 334 g/mol. The molecule has 0 heterocycles. The summed E-state index contributed by atoms with van der Waals surface area (Å²) in [5.41, 5.74) is -0.424. The smallest absolute Gasteiger partial charge is 0.309 e. The first-order valence-electron chi connectivity index (χ1n) is 9.62. The third-order valence-corrected chi connectivity index (χ3v) is 7.80. The second-order valence-corrected chi connectivity index (χ2v) is 9.76. The molecule has 4 bridgehead atoms. The summed E-state index contributed by atoms with van der Waals surface area (Å²) in [4.78, 5) is 12.9. The van der Waals surface area contributed by atoms with E-state index in [2.05, 4.69) is 41.2 Å². The molecule has 3 nitrogen and oxygen atoms in total. The number of carbonyl (C=O) groups is 1. The zero-order valence-electron chi connectivity index (χ0n) is 16.2. The summed E-state index contributed by atoms with van der Waals surface area (Å²) in [7, 11) is 0. The summed E-state index contributed by atoms with van der Waals surface area (Å²) in [5, 5.41) is 11.2. The zero-order valence-corrected chi connectivity index (χ0v) is 16.2. The second-order valence-electron chi connectivity index (χ2n) is 9.76. The van der Waals surface area contributed by atoms with E-state index < -0.39 is 11.2 Å². The van der Waals surface area contributed by atoms with Crippen molar-refractivity contribution < 1.29 is 14.6 Å². The molecule has 0 saturated heterocycles. The molecule has 0 aliphatic heterocycles. The molecule has 24 heavy (non-hydrogen) atoms. The largest absolute Gasteiger partial charge is 0.458 e. The predicted molar refractivity (Wildman–Crippen MR) is 95.3 cm³/mol. The fourth-order valence-electron chi connectivity index (χ4n) is 5.72. The first kappa shape index (κ1) is 18.0. The molecule has 4 aliphatic carbocycles. The van der Waals surface area contributed by atoms with Crippen molar-refractivity contribution in [3.63, 3.8) is 0 Å². The van der Waals surface area contributed by atoms with Crippen LogP contribution in [0, 0.1) is 35.0 Å². The maximum atomic E-state index is 12.9. The Hall–Kier alpha value is -0.830. The topological polar surface area (TPSA) is 46.5 Å². The summed E-state index contributed by atoms with van der Waals surface area (Å²) in [6.45, 7) is 16.7. The van der Waals surface area contributed by atoms with E-state index in [1.54, 1.807) is 0 Å². The summed E-state index contributed by atoms with van der Waals surface area (Å²) >= 11 is 0. The lowest BCUT2D eigenvalue weighted by molar-refractivity contribution is -0.241. The summed E-state index contributed by atoms with van der Waals surface area (Å²) < 4.78 is 6.33. The highest BCUT2D eigenvalue weighted by Crippen LogP contribution is 2.66. The first-order valence-corrected chi connectivity index (χ1v) is 9.62. The molecule has 3 heteroatoms. The van der Waals surface area contributed by atoms with E-state index in [4.69, 9.17) is 4.74 Å². The number of esters is 1. The van der Waals surface area contributed by atoms with Gasteiger partial charge >= 0.3 is 5.97 Å².